The van der Waals surface area contributed by atoms with Gasteiger partial charge in [-0.2, -0.15) is 0 Å². The number of aliphatic hydroxyl groups is 1. The maximum atomic E-state index is 10.9. The summed E-state index contributed by atoms with van der Waals surface area (Å²) in [4.78, 5) is 12.5. The first kappa shape index (κ1) is 12.3. The average molecular weight is 215 g/mol. The lowest BCUT2D eigenvalue weighted by Gasteiger charge is -2.33. The predicted octanol–water partition coefficient (Wildman–Crippen LogP) is -0.110. The standard InChI is InChI=1S/C10H21N3O2/c1-2-8(7-14)12-9-3-5-13(6-4-9)10(11)15/h8-9,12,14H,2-7H2,1H3,(H2,11,15)/t8-/m0/s1. The van der Waals surface area contributed by atoms with Crippen LogP contribution in [0.4, 0.5) is 4.79 Å². The molecule has 0 radical (unpaired) electrons. The molecule has 1 rings (SSSR count). The number of aliphatic hydroxyl groups excluding tert-OH is 1. The van der Waals surface area contributed by atoms with Crippen molar-refractivity contribution in [3.8, 4) is 0 Å². The molecule has 0 bridgehead atoms. The summed E-state index contributed by atoms with van der Waals surface area (Å²) in [5.41, 5.74) is 5.19. The molecule has 88 valence electrons. The van der Waals surface area contributed by atoms with Gasteiger partial charge in [-0.25, -0.2) is 4.79 Å². The van der Waals surface area contributed by atoms with Crippen LogP contribution in [0.2, 0.25) is 0 Å². The lowest BCUT2D eigenvalue weighted by atomic mass is 10.0. The van der Waals surface area contributed by atoms with Crippen LogP contribution in [0.3, 0.4) is 0 Å². The molecule has 1 saturated heterocycles. The van der Waals surface area contributed by atoms with E-state index in [0.717, 1.165) is 32.4 Å². The summed E-state index contributed by atoms with van der Waals surface area (Å²) in [6.07, 6.45) is 2.76. The summed E-state index contributed by atoms with van der Waals surface area (Å²) in [7, 11) is 0. The van der Waals surface area contributed by atoms with E-state index in [4.69, 9.17) is 10.8 Å². The van der Waals surface area contributed by atoms with Crippen LogP contribution in [0.15, 0.2) is 0 Å². The highest BCUT2D eigenvalue weighted by Gasteiger charge is 2.22. The molecule has 1 heterocycles. The fourth-order valence-corrected chi connectivity index (χ4v) is 1.90. The molecular weight excluding hydrogens is 194 g/mol. The van der Waals surface area contributed by atoms with Gasteiger partial charge in [0.1, 0.15) is 0 Å². The maximum absolute atomic E-state index is 10.9. The molecule has 0 aromatic carbocycles. The van der Waals surface area contributed by atoms with E-state index in [1.165, 1.54) is 0 Å². The largest absolute Gasteiger partial charge is 0.395 e. The summed E-state index contributed by atoms with van der Waals surface area (Å²) in [5, 5.41) is 12.4. The summed E-state index contributed by atoms with van der Waals surface area (Å²) in [6, 6.07) is 0.246. The molecule has 0 aromatic heterocycles. The number of carbonyl (C=O) groups excluding carboxylic acids is 1. The van der Waals surface area contributed by atoms with E-state index >= 15 is 0 Å². The van der Waals surface area contributed by atoms with E-state index in [0.29, 0.717) is 6.04 Å². The van der Waals surface area contributed by atoms with Gasteiger partial charge in [-0.1, -0.05) is 6.92 Å². The van der Waals surface area contributed by atoms with Crippen molar-refractivity contribution >= 4 is 6.03 Å². The second-order valence-corrected chi connectivity index (χ2v) is 4.05. The van der Waals surface area contributed by atoms with Crippen molar-refractivity contribution in [3.05, 3.63) is 0 Å². The number of nitrogens with two attached hydrogens (primary N) is 1. The van der Waals surface area contributed by atoms with Gasteiger partial charge in [-0.3, -0.25) is 0 Å². The van der Waals surface area contributed by atoms with Crippen LogP contribution in [0.1, 0.15) is 26.2 Å². The first-order valence-corrected chi connectivity index (χ1v) is 5.58. The van der Waals surface area contributed by atoms with Gasteiger partial charge in [-0.15, -0.1) is 0 Å². The second kappa shape index (κ2) is 5.92. The van der Waals surface area contributed by atoms with Gasteiger partial charge in [-0.05, 0) is 19.3 Å². The first-order chi connectivity index (χ1) is 7.17. The van der Waals surface area contributed by atoms with E-state index in [2.05, 4.69) is 5.32 Å². The fourth-order valence-electron chi connectivity index (χ4n) is 1.90. The van der Waals surface area contributed by atoms with Crippen molar-refractivity contribution in [1.29, 1.82) is 0 Å². The Balaban J connectivity index is 2.28. The van der Waals surface area contributed by atoms with Crippen LogP contribution in [0.5, 0.6) is 0 Å². The number of rotatable bonds is 4. The van der Waals surface area contributed by atoms with Gasteiger partial charge < -0.3 is 21.1 Å². The van der Waals surface area contributed by atoms with Gasteiger partial charge in [0.05, 0.1) is 6.61 Å². The van der Waals surface area contributed by atoms with Gasteiger partial charge in [0.25, 0.3) is 0 Å². The number of amides is 2. The minimum Gasteiger partial charge on any atom is -0.395 e. The predicted molar refractivity (Wildman–Crippen MR) is 58.5 cm³/mol. The molecule has 0 saturated carbocycles. The number of hydrogen-bond donors (Lipinski definition) is 3. The molecule has 1 aliphatic rings. The highest BCUT2D eigenvalue weighted by molar-refractivity contribution is 5.72. The van der Waals surface area contributed by atoms with Gasteiger partial charge in [0.2, 0.25) is 0 Å². The third-order valence-corrected chi connectivity index (χ3v) is 2.99. The number of urea groups is 1. The number of piperidine rings is 1. The van der Waals surface area contributed by atoms with Crippen molar-refractivity contribution in [2.24, 2.45) is 5.73 Å². The van der Waals surface area contributed by atoms with Crippen LogP contribution < -0.4 is 11.1 Å². The topological polar surface area (TPSA) is 78.6 Å². The molecule has 5 nitrogen and oxygen atoms in total. The Morgan fingerprint density at radius 1 is 1.60 bits per heavy atom. The summed E-state index contributed by atoms with van der Waals surface area (Å²) in [6.45, 7) is 3.66. The molecule has 1 fully saturated rings. The van der Waals surface area contributed by atoms with Crippen molar-refractivity contribution in [3.63, 3.8) is 0 Å². The minimum atomic E-state index is -0.331. The Labute approximate surface area is 90.6 Å². The summed E-state index contributed by atoms with van der Waals surface area (Å²) >= 11 is 0. The molecule has 0 aromatic rings. The molecule has 1 atom stereocenters. The van der Waals surface area contributed by atoms with Crippen molar-refractivity contribution < 1.29 is 9.90 Å². The van der Waals surface area contributed by atoms with Crippen LogP contribution >= 0.6 is 0 Å². The first-order valence-electron chi connectivity index (χ1n) is 5.58. The molecule has 5 heteroatoms. The van der Waals surface area contributed by atoms with Crippen molar-refractivity contribution in [2.45, 2.75) is 38.3 Å². The van der Waals surface area contributed by atoms with Crippen LogP contribution in [-0.4, -0.2) is 47.8 Å². The molecular formula is C10H21N3O2. The third-order valence-electron chi connectivity index (χ3n) is 2.99. The second-order valence-electron chi connectivity index (χ2n) is 4.05. The molecule has 0 unspecified atom stereocenters. The lowest BCUT2D eigenvalue weighted by Crippen LogP contribution is -2.49. The van der Waals surface area contributed by atoms with Crippen molar-refractivity contribution in [1.82, 2.24) is 10.2 Å². The van der Waals surface area contributed by atoms with Crippen LogP contribution in [-0.2, 0) is 0 Å². The molecule has 2 amide bonds. The van der Waals surface area contributed by atoms with E-state index < -0.39 is 0 Å². The lowest BCUT2D eigenvalue weighted by molar-refractivity contribution is 0.171. The normalized spacial score (nSPS) is 20.3. The highest BCUT2D eigenvalue weighted by atomic mass is 16.3. The molecule has 15 heavy (non-hydrogen) atoms. The van der Waals surface area contributed by atoms with Crippen LogP contribution in [0, 0.1) is 0 Å². The highest BCUT2D eigenvalue weighted by Crippen LogP contribution is 2.11. The Hall–Kier alpha value is -0.810. The molecule has 0 spiro atoms. The summed E-state index contributed by atoms with van der Waals surface area (Å²) in [5.74, 6) is 0. The van der Waals surface area contributed by atoms with Crippen LogP contribution in [0.25, 0.3) is 0 Å². The maximum Gasteiger partial charge on any atom is 0.314 e. The number of hydrogen-bond acceptors (Lipinski definition) is 3. The van der Waals surface area contributed by atoms with E-state index in [1.807, 2.05) is 6.92 Å². The number of nitrogens with one attached hydrogen (secondary N) is 1. The quantitative estimate of drug-likeness (QED) is 0.612. The number of nitrogens with zero attached hydrogens (tertiary/aromatic N) is 1. The van der Waals surface area contributed by atoms with E-state index in [1.54, 1.807) is 4.90 Å². The summed E-state index contributed by atoms with van der Waals surface area (Å²) < 4.78 is 0. The number of carbonyl (C=O) groups is 1. The van der Waals surface area contributed by atoms with E-state index in [-0.39, 0.29) is 18.7 Å². The SMILES string of the molecule is CC[C@@H](CO)NC1CCN(C(N)=O)CC1. The van der Waals surface area contributed by atoms with Gasteiger partial charge in [0, 0.05) is 25.2 Å². The van der Waals surface area contributed by atoms with Crippen molar-refractivity contribution in [2.75, 3.05) is 19.7 Å². The Morgan fingerprint density at radius 2 is 2.20 bits per heavy atom. The average Bonchev–Trinajstić information content (AvgIpc) is 2.26. The Bertz CT molecular complexity index is 199. The fraction of sp³-hybridized carbons (Fsp3) is 0.900. The molecule has 4 N–H and O–H groups in total. The molecule has 1 aliphatic heterocycles. The monoisotopic (exact) mass is 215 g/mol. The third kappa shape index (κ3) is 3.68. The minimum absolute atomic E-state index is 0.173. The smallest absolute Gasteiger partial charge is 0.314 e. The Morgan fingerprint density at radius 3 is 2.60 bits per heavy atom. The van der Waals surface area contributed by atoms with Gasteiger partial charge in [0.15, 0.2) is 0 Å². The molecule has 0 aliphatic carbocycles. The van der Waals surface area contributed by atoms with E-state index in [9.17, 15) is 4.79 Å². The zero-order valence-corrected chi connectivity index (χ0v) is 9.28. The zero-order chi connectivity index (χ0) is 11.3. The van der Waals surface area contributed by atoms with Gasteiger partial charge >= 0.3 is 6.03 Å². The zero-order valence-electron chi connectivity index (χ0n) is 9.28. The number of primary amides is 1. The Kier molecular flexibility index (Phi) is 4.84. The number of likely N-dealkylation sites (tertiary alicyclic amines) is 1.